The summed E-state index contributed by atoms with van der Waals surface area (Å²) in [4.78, 5) is 35.1. The van der Waals surface area contributed by atoms with Crippen LogP contribution in [0, 0.1) is 10.1 Å². The Morgan fingerprint density at radius 2 is 1.88 bits per heavy atom. The van der Waals surface area contributed by atoms with Gasteiger partial charge < -0.3 is 10.1 Å². The Morgan fingerprint density at radius 3 is 2.55 bits per heavy atom. The molecule has 0 fully saturated rings. The Balaban J connectivity index is 1.71. The Morgan fingerprint density at radius 1 is 1.15 bits per heavy atom. The number of benzene rings is 2. The molecule has 13 nitrogen and oxygen atoms in total. The number of tetrazole rings is 1. The van der Waals surface area contributed by atoms with Crippen LogP contribution in [0.2, 0.25) is 0 Å². The van der Waals surface area contributed by atoms with Gasteiger partial charge in [0.1, 0.15) is 11.7 Å². The van der Waals surface area contributed by atoms with Crippen LogP contribution in [0.15, 0.2) is 53.3 Å². The van der Waals surface area contributed by atoms with Gasteiger partial charge in [-0.2, -0.15) is 9.78 Å². The molecule has 0 radical (unpaired) electrons. The molecule has 5 rings (SSSR count). The monoisotopic (exact) mass is 446 g/mol. The highest BCUT2D eigenvalue weighted by atomic mass is 16.6. The number of rotatable bonds is 4. The van der Waals surface area contributed by atoms with Crippen molar-refractivity contribution in [3.8, 4) is 11.3 Å². The molecule has 0 spiro atoms. The number of methoxy groups -OCH3 is 1. The van der Waals surface area contributed by atoms with Crippen LogP contribution >= 0.6 is 0 Å². The van der Waals surface area contributed by atoms with Gasteiger partial charge in [-0.3, -0.25) is 14.9 Å². The first-order chi connectivity index (χ1) is 16.0. The van der Waals surface area contributed by atoms with E-state index in [0.29, 0.717) is 27.9 Å². The molecule has 2 aromatic heterocycles. The van der Waals surface area contributed by atoms with Gasteiger partial charge in [0.05, 0.1) is 23.3 Å². The number of H-pyrrole nitrogens is 1. The number of hydrogen-bond donors (Lipinski definition) is 2. The maximum Gasteiger partial charge on any atom is 0.337 e. The summed E-state index contributed by atoms with van der Waals surface area (Å²) in [6.07, 6.45) is 0. The number of anilines is 2. The lowest BCUT2D eigenvalue weighted by Gasteiger charge is -2.27. The van der Waals surface area contributed by atoms with Gasteiger partial charge in [-0.25, -0.2) is 9.89 Å². The molecule has 1 aliphatic heterocycles. The number of non-ortho nitro benzene ring substituents is 1. The molecule has 0 bridgehead atoms. The van der Waals surface area contributed by atoms with Gasteiger partial charge >= 0.3 is 5.97 Å². The number of aromatic amines is 1. The summed E-state index contributed by atoms with van der Waals surface area (Å²) in [5, 5.41) is 32.3. The van der Waals surface area contributed by atoms with Crippen molar-refractivity contribution in [3.05, 3.63) is 85.7 Å². The summed E-state index contributed by atoms with van der Waals surface area (Å²) < 4.78 is 6.24. The number of aromatic nitrogens is 6. The van der Waals surface area contributed by atoms with E-state index >= 15 is 0 Å². The Labute approximate surface area is 184 Å². The molecule has 0 amide bonds. The van der Waals surface area contributed by atoms with Gasteiger partial charge in [0.2, 0.25) is 5.95 Å². The van der Waals surface area contributed by atoms with Crippen molar-refractivity contribution in [1.82, 2.24) is 30.4 Å². The first kappa shape index (κ1) is 20.0. The van der Waals surface area contributed by atoms with Crippen molar-refractivity contribution in [2.45, 2.75) is 6.04 Å². The van der Waals surface area contributed by atoms with Crippen molar-refractivity contribution < 1.29 is 14.5 Å². The summed E-state index contributed by atoms with van der Waals surface area (Å²) in [7, 11) is 1.29. The van der Waals surface area contributed by atoms with E-state index in [2.05, 4.69) is 31.0 Å². The molecule has 2 aromatic carbocycles. The summed E-state index contributed by atoms with van der Waals surface area (Å²) >= 11 is 0. The van der Waals surface area contributed by atoms with E-state index in [9.17, 15) is 19.7 Å². The number of carbonyl (C=O) groups excluding carboxylic acids is 1. The minimum Gasteiger partial charge on any atom is -0.465 e. The highest BCUT2D eigenvalue weighted by Gasteiger charge is 2.34. The van der Waals surface area contributed by atoms with E-state index in [-0.39, 0.29) is 17.3 Å². The Hall–Kier alpha value is -4.94. The third-order valence-electron chi connectivity index (χ3n) is 5.27. The Kier molecular flexibility index (Phi) is 4.63. The quantitative estimate of drug-likeness (QED) is 0.236. The number of nitro groups is 1. The minimum atomic E-state index is -0.669. The zero-order valence-electron chi connectivity index (χ0n) is 16.9. The third kappa shape index (κ3) is 3.27. The number of nitro benzene ring substituents is 1. The summed E-state index contributed by atoms with van der Waals surface area (Å²) in [6.45, 7) is 0. The zero-order valence-corrected chi connectivity index (χ0v) is 16.9. The number of esters is 1. The Bertz CT molecular complexity index is 1440. The van der Waals surface area contributed by atoms with Crippen LogP contribution in [0.3, 0.4) is 0 Å². The van der Waals surface area contributed by atoms with Gasteiger partial charge in [-0.15, -0.1) is 0 Å². The van der Waals surface area contributed by atoms with E-state index < -0.39 is 22.5 Å². The maximum atomic E-state index is 12.7. The van der Waals surface area contributed by atoms with Crippen LogP contribution in [0.25, 0.3) is 11.3 Å². The normalized spacial score (nSPS) is 14.0. The number of carbonyl (C=O) groups is 1. The second-order valence-electron chi connectivity index (χ2n) is 7.08. The molecule has 3 heterocycles. The fraction of sp³-hybridized carbons (Fsp3) is 0.100. The molecule has 2 N–H and O–H groups in total. The zero-order chi connectivity index (χ0) is 23.1. The van der Waals surface area contributed by atoms with Crippen LogP contribution in [0.1, 0.15) is 27.5 Å². The maximum absolute atomic E-state index is 12.7. The largest absolute Gasteiger partial charge is 0.465 e. The molecule has 164 valence electrons. The molecular formula is C20H14N8O5. The summed E-state index contributed by atoms with van der Waals surface area (Å²) in [5.74, 6) is -0.240. The molecule has 4 aromatic rings. The molecular weight excluding hydrogens is 432 g/mol. The van der Waals surface area contributed by atoms with Crippen molar-refractivity contribution in [3.63, 3.8) is 0 Å². The van der Waals surface area contributed by atoms with Crippen LogP contribution < -0.4 is 10.9 Å². The number of nitrogens with zero attached hydrogens (tertiary/aromatic N) is 6. The van der Waals surface area contributed by atoms with Crippen LogP contribution in [-0.4, -0.2) is 48.4 Å². The van der Waals surface area contributed by atoms with E-state index in [1.807, 2.05) is 0 Å². The highest BCUT2D eigenvalue weighted by Crippen LogP contribution is 2.41. The van der Waals surface area contributed by atoms with Gasteiger partial charge in [0.15, 0.2) is 0 Å². The van der Waals surface area contributed by atoms with E-state index in [4.69, 9.17) is 4.74 Å². The fourth-order valence-electron chi connectivity index (χ4n) is 3.73. The van der Waals surface area contributed by atoms with E-state index in [1.54, 1.807) is 36.4 Å². The molecule has 1 atom stereocenters. The van der Waals surface area contributed by atoms with Crippen molar-refractivity contribution in [2.75, 3.05) is 12.4 Å². The van der Waals surface area contributed by atoms with Crippen LogP contribution in [0.5, 0.6) is 0 Å². The van der Waals surface area contributed by atoms with Crippen molar-refractivity contribution >= 4 is 23.3 Å². The van der Waals surface area contributed by atoms with Crippen molar-refractivity contribution in [1.29, 1.82) is 0 Å². The predicted molar refractivity (Wildman–Crippen MR) is 113 cm³/mol. The lowest BCUT2D eigenvalue weighted by molar-refractivity contribution is -0.384. The van der Waals surface area contributed by atoms with Crippen molar-refractivity contribution in [2.24, 2.45) is 0 Å². The van der Waals surface area contributed by atoms with Gasteiger partial charge in [0.25, 0.3) is 11.2 Å². The number of nitrogens with one attached hydrogen (secondary N) is 2. The molecule has 33 heavy (non-hydrogen) atoms. The standard InChI is InChI=1S/C20H14N8O5/c1-33-19(30)12-4-2-11(3-5-12)17-14-15(10-6-8-13(9-7-10)28(31)32)22-23-18(29)16(14)21-20-24-25-26-27(17)20/h2-9,17H,1H3,(H,23,29)(H,21,24,26)/t17-/m1/s1. The van der Waals surface area contributed by atoms with Crippen LogP contribution in [-0.2, 0) is 4.74 Å². The molecule has 0 aliphatic carbocycles. The lowest BCUT2D eigenvalue weighted by atomic mass is 9.92. The van der Waals surface area contributed by atoms with Gasteiger partial charge in [0, 0.05) is 23.3 Å². The molecule has 0 unspecified atom stereocenters. The van der Waals surface area contributed by atoms with Gasteiger partial charge in [-0.1, -0.05) is 17.2 Å². The summed E-state index contributed by atoms with van der Waals surface area (Å²) in [5.41, 5.74) is 2.06. The second kappa shape index (κ2) is 7.64. The van der Waals surface area contributed by atoms with E-state index in [0.717, 1.165) is 0 Å². The highest BCUT2D eigenvalue weighted by molar-refractivity contribution is 5.89. The average Bonchev–Trinajstić information content (AvgIpc) is 3.31. The SMILES string of the molecule is COC(=O)c1ccc([C@@H]2c3c(-c4ccc([N+](=O)[O-])cc4)n[nH]c(=O)c3Nc3nnnn32)cc1. The first-order valence-corrected chi connectivity index (χ1v) is 9.58. The average molecular weight is 446 g/mol. The number of hydrogen-bond acceptors (Lipinski definition) is 10. The summed E-state index contributed by atoms with van der Waals surface area (Å²) in [6, 6.07) is 11.7. The molecule has 0 saturated heterocycles. The third-order valence-corrected chi connectivity index (χ3v) is 5.27. The fourth-order valence-corrected chi connectivity index (χ4v) is 3.73. The predicted octanol–water partition coefficient (Wildman–Crippen LogP) is 1.81. The smallest absolute Gasteiger partial charge is 0.337 e. The molecule has 0 saturated carbocycles. The topological polar surface area (TPSA) is 171 Å². The number of fused-ring (bicyclic) bond motifs is 2. The second-order valence-corrected chi connectivity index (χ2v) is 7.08. The van der Waals surface area contributed by atoms with Gasteiger partial charge in [-0.05, 0) is 40.3 Å². The molecule has 1 aliphatic rings. The lowest BCUT2D eigenvalue weighted by Crippen LogP contribution is -2.29. The minimum absolute atomic E-state index is 0.0760. The first-order valence-electron chi connectivity index (χ1n) is 9.58. The van der Waals surface area contributed by atoms with E-state index in [1.165, 1.54) is 23.9 Å². The van der Waals surface area contributed by atoms with Crippen LogP contribution in [0.4, 0.5) is 17.3 Å². The number of ether oxygens (including phenoxy) is 1. The molecule has 13 heteroatoms.